The molecule has 0 bridgehead atoms. The van der Waals surface area contributed by atoms with Crippen molar-refractivity contribution >= 4 is 0 Å². The SMILES string of the molecule is COC1CCCC(OCC2CCCCN2)C1. The lowest BCUT2D eigenvalue weighted by Crippen LogP contribution is -2.39. The van der Waals surface area contributed by atoms with Crippen molar-refractivity contribution in [2.45, 2.75) is 63.2 Å². The van der Waals surface area contributed by atoms with E-state index in [0.29, 0.717) is 18.2 Å². The quantitative estimate of drug-likeness (QED) is 0.798. The maximum absolute atomic E-state index is 6.01. The predicted molar refractivity (Wildman–Crippen MR) is 64.6 cm³/mol. The van der Waals surface area contributed by atoms with Gasteiger partial charge in [0, 0.05) is 13.2 Å². The van der Waals surface area contributed by atoms with E-state index in [-0.39, 0.29) is 0 Å². The van der Waals surface area contributed by atoms with Gasteiger partial charge < -0.3 is 14.8 Å². The van der Waals surface area contributed by atoms with Crippen molar-refractivity contribution in [1.82, 2.24) is 5.32 Å². The van der Waals surface area contributed by atoms with Gasteiger partial charge in [0.15, 0.2) is 0 Å². The molecule has 0 radical (unpaired) electrons. The highest BCUT2D eigenvalue weighted by Crippen LogP contribution is 2.23. The molecule has 3 unspecified atom stereocenters. The summed E-state index contributed by atoms with van der Waals surface area (Å²) in [6.07, 6.45) is 9.58. The van der Waals surface area contributed by atoms with Crippen LogP contribution in [0.4, 0.5) is 0 Å². The molecule has 3 atom stereocenters. The molecule has 2 rings (SSSR count). The molecule has 94 valence electrons. The van der Waals surface area contributed by atoms with Crippen LogP contribution >= 0.6 is 0 Å². The molecule has 0 spiro atoms. The summed E-state index contributed by atoms with van der Waals surface area (Å²) in [5.41, 5.74) is 0. The Morgan fingerprint density at radius 3 is 2.69 bits per heavy atom. The number of hydrogen-bond donors (Lipinski definition) is 1. The maximum atomic E-state index is 6.01. The first kappa shape index (κ1) is 12.3. The maximum Gasteiger partial charge on any atom is 0.0623 e. The number of piperidine rings is 1. The summed E-state index contributed by atoms with van der Waals surface area (Å²) in [6.45, 7) is 2.06. The molecule has 1 saturated carbocycles. The van der Waals surface area contributed by atoms with Gasteiger partial charge >= 0.3 is 0 Å². The molecule has 0 aromatic heterocycles. The number of hydrogen-bond acceptors (Lipinski definition) is 3. The van der Waals surface area contributed by atoms with E-state index in [0.717, 1.165) is 13.0 Å². The minimum Gasteiger partial charge on any atom is -0.381 e. The first-order valence-corrected chi connectivity index (χ1v) is 6.76. The smallest absolute Gasteiger partial charge is 0.0623 e. The molecule has 1 aliphatic carbocycles. The molecule has 1 N–H and O–H groups in total. The average Bonchev–Trinajstić information content (AvgIpc) is 2.38. The highest BCUT2D eigenvalue weighted by molar-refractivity contribution is 4.76. The summed E-state index contributed by atoms with van der Waals surface area (Å²) in [7, 11) is 1.82. The van der Waals surface area contributed by atoms with Gasteiger partial charge in [0.25, 0.3) is 0 Å². The summed E-state index contributed by atoms with van der Waals surface area (Å²) < 4.78 is 11.4. The second-order valence-electron chi connectivity index (χ2n) is 5.13. The van der Waals surface area contributed by atoms with Crippen molar-refractivity contribution in [3.63, 3.8) is 0 Å². The molecule has 0 amide bonds. The van der Waals surface area contributed by atoms with Crippen LogP contribution < -0.4 is 5.32 Å². The lowest BCUT2D eigenvalue weighted by atomic mass is 9.95. The first-order chi connectivity index (χ1) is 7.88. The second-order valence-corrected chi connectivity index (χ2v) is 5.13. The van der Waals surface area contributed by atoms with Crippen molar-refractivity contribution in [2.24, 2.45) is 0 Å². The summed E-state index contributed by atoms with van der Waals surface area (Å²) >= 11 is 0. The van der Waals surface area contributed by atoms with E-state index in [1.54, 1.807) is 0 Å². The molecule has 3 heteroatoms. The summed E-state index contributed by atoms with van der Waals surface area (Å²) in [6, 6.07) is 0.594. The Bertz CT molecular complexity index is 192. The topological polar surface area (TPSA) is 30.5 Å². The zero-order chi connectivity index (χ0) is 11.2. The highest BCUT2D eigenvalue weighted by Gasteiger charge is 2.23. The Hall–Kier alpha value is -0.120. The van der Waals surface area contributed by atoms with Crippen molar-refractivity contribution in [1.29, 1.82) is 0 Å². The Kier molecular flexibility index (Phi) is 5.07. The molecule has 16 heavy (non-hydrogen) atoms. The van der Waals surface area contributed by atoms with E-state index in [4.69, 9.17) is 9.47 Å². The minimum atomic E-state index is 0.429. The second kappa shape index (κ2) is 6.58. The van der Waals surface area contributed by atoms with Gasteiger partial charge in [-0.3, -0.25) is 0 Å². The van der Waals surface area contributed by atoms with Crippen molar-refractivity contribution in [3.8, 4) is 0 Å². The van der Waals surface area contributed by atoms with Gasteiger partial charge in [-0.15, -0.1) is 0 Å². The van der Waals surface area contributed by atoms with Gasteiger partial charge in [-0.2, -0.15) is 0 Å². The van der Waals surface area contributed by atoms with Crippen LogP contribution in [0.3, 0.4) is 0 Å². The van der Waals surface area contributed by atoms with Crippen LogP contribution in [0.25, 0.3) is 0 Å². The Morgan fingerprint density at radius 2 is 1.94 bits per heavy atom. The van der Waals surface area contributed by atoms with Crippen LogP contribution in [0.5, 0.6) is 0 Å². The first-order valence-electron chi connectivity index (χ1n) is 6.76. The molecular formula is C13H25NO2. The van der Waals surface area contributed by atoms with Gasteiger partial charge in [-0.05, 0) is 45.1 Å². The number of methoxy groups -OCH3 is 1. The van der Waals surface area contributed by atoms with Crippen molar-refractivity contribution in [2.75, 3.05) is 20.3 Å². The van der Waals surface area contributed by atoms with Crippen molar-refractivity contribution < 1.29 is 9.47 Å². The molecule has 2 fully saturated rings. The summed E-state index contributed by atoms with van der Waals surface area (Å²) in [5.74, 6) is 0. The fourth-order valence-electron chi connectivity index (χ4n) is 2.79. The lowest BCUT2D eigenvalue weighted by molar-refractivity contribution is -0.0370. The standard InChI is InChI=1S/C13H25NO2/c1-15-12-6-4-7-13(9-12)16-10-11-5-2-3-8-14-11/h11-14H,2-10H2,1H3. The van der Waals surface area contributed by atoms with Crippen LogP contribution in [-0.2, 0) is 9.47 Å². The zero-order valence-corrected chi connectivity index (χ0v) is 10.4. The van der Waals surface area contributed by atoms with Gasteiger partial charge in [-0.25, -0.2) is 0 Å². The molecule has 3 nitrogen and oxygen atoms in total. The van der Waals surface area contributed by atoms with E-state index < -0.39 is 0 Å². The van der Waals surface area contributed by atoms with Gasteiger partial charge in [-0.1, -0.05) is 6.42 Å². The van der Waals surface area contributed by atoms with E-state index in [2.05, 4.69) is 5.32 Å². The molecule has 2 aliphatic rings. The van der Waals surface area contributed by atoms with Crippen LogP contribution in [0.15, 0.2) is 0 Å². The van der Waals surface area contributed by atoms with Gasteiger partial charge in [0.1, 0.15) is 0 Å². The van der Waals surface area contributed by atoms with Crippen LogP contribution in [0, 0.1) is 0 Å². The minimum absolute atomic E-state index is 0.429. The molecule has 1 heterocycles. The Labute approximate surface area is 98.9 Å². The summed E-state index contributed by atoms with van der Waals surface area (Å²) in [4.78, 5) is 0. The van der Waals surface area contributed by atoms with E-state index in [1.807, 2.05) is 7.11 Å². The molecular weight excluding hydrogens is 202 g/mol. The van der Waals surface area contributed by atoms with Crippen LogP contribution in [0.1, 0.15) is 44.9 Å². The molecule has 0 aromatic rings. The largest absolute Gasteiger partial charge is 0.381 e. The van der Waals surface area contributed by atoms with Crippen LogP contribution in [-0.4, -0.2) is 38.5 Å². The third kappa shape index (κ3) is 3.72. The molecule has 1 aliphatic heterocycles. The number of rotatable bonds is 4. The van der Waals surface area contributed by atoms with Crippen molar-refractivity contribution in [3.05, 3.63) is 0 Å². The average molecular weight is 227 g/mol. The van der Waals surface area contributed by atoms with E-state index >= 15 is 0 Å². The monoisotopic (exact) mass is 227 g/mol. The van der Waals surface area contributed by atoms with E-state index in [9.17, 15) is 0 Å². The molecule has 1 saturated heterocycles. The number of nitrogens with one attached hydrogen (secondary N) is 1. The highest BCUT2D eigenvalue weighted by atomic mass is 16.5. The summed E-state index contributed by atoms with van der Waals surface area (Å²) in [5, 5.41) is 3.53. The fourth-order valence-corrected chi connectivity index (χ4v) is 2.79. The third-order valence-electron chi connectivity index (χ3n) is 3.86. The number of ether oxygens (including phenoxy) is 2. The lowest BCUT2D eigenvalue weighted by Gasteiger charge is -2.30. The van der Waals surface area contributed by atoms with Gasteiger partial charge in [0.05, 0.1) is 18.8 Å². The van der Waals surface area contributed by atoms with Crippen LogP contribution in [0.2, 0.25) is 0 Å². The molecule has 0 aromatic carbocycles. The Balaban J connectivity index is 1.64. The fraction of sp³-hybridized carbons (Fsp3) is 1.00. The predicted octanol–water partition coefficient (Wildman–Crippen LogP) is 2.10. The third-order valence-corrected chi connectivity index (χ3v) is 3.86. The normalized spacial score (nSPS) is 36.2. The van der Waals surface area contributed by atoms with Gasteiger partial charge in [0.2, 0.25) is 0 Å². The Morgan fingerprint density at radius 1 is 1.06 bits per heavy atom. The van der Waals surface area contributed by atoms with E-state index in [1.165, 1.54) is 45.1 Å². The zero-order valence-electron chi connectivity index (χ0n) is 10.4.